The molecule has 0 atom stereocenters. The van der Waals surface area contributed by atoms with Gasteiger partial charge in [-0.15, -0.1) is 0 Å². The quantitative estimate of drug-likeness (QED) is 0.488. The monoisotopic (exact) mass is 403 g/mol. The average molecular weight is 404 g/mol. The Morgan fingerprint density at radius 2 is 1.89 bits per heavy atom. The van der Waals surface area contributed by atoms with E-state index in [0.717, 1.165) is 5.56 Å². The molecule has 0 aliphatic carbocycles. The zero-order valence-corrected chi connectivity index (χ0v) is 15.8. The first-order chi connectivity index (χ1) is 12.8. The Kier molecular flexibility index (Phi) is 5.21. The van der Waals surface area contributed by atoms with Gasteiger partial charge in [0.1, 0.15) is 0 Å². The Morgan fingerprint density at radius 1 is 1.15 bits per heavy atom. The van der Waals surface area contributed by atoms with E-state index in [1.807, 2.05) is 10.6 Å². The molecule has 1 heterocycles. The van der Waals surface area contributed by atoms with Crippen molar-refractivity contribution in [3.8, 4) is 11.3 Å². The van der Waals surface area contributed by atoms with E-state index in [0.29, 0.717) is 39.1 Å². The number of nitro benzene ring substituents is 1. The molecule has 1 amide bonds. The topological polar surface area (TPSA) is 91.2 Å². The van der Waals surface area contributed by atoms with Gasteiger partial charge in [0.05, 0.1) is 20.5 Å². The number of amides is 1. The Hall–Kier alpha value is -2.83. The van der Waals surface area contributed by atoms with Crippen LogP contribution in [0.1, 0.15) is 21.6 Å². The van der Waals surface area contributed by atoms with Crippen LogP contribution in [0.15, 0.2) is 48.5 Å². The van der Waals surface area contributed by atoms with Crippen molar-refractivity contribution in [2.45, 2.75) is 13.5 Å². The Bertz CT molecular complexity index is 1060. The van der Waals surface area contributed by atoms with Gasteiger partial charge in [-0.05, 0) is 30.7 Å². The minimum atomic E-state index is -0.563. The van der Waals surface area contributed by atoms with Crippen LogP contribution in [0.4, 0.5) is 5.69 Å². The number of nitro groups is 1. The summed E-state index contributed by atoms with van der Waals surface area (Å²) < 4.78 is 1.87. The van der Waals surface area contributed by atoms with E-state index in [9.17, 15) is 14.9 Å². The van der Waals surface area contributed by atoms with E-state index in [1.54, 1.807) is 37.3 Å². The van der Waals surface area contributed by atoms with E-state index < -0.39 is 10.8 Å². The largest absolute Gasteiger partial charge is 0.366 e. The number of non-ortho nitro benzene ring substituents is 1. The van der Waals surface area contributed by atoms with E-state index >= 15 is 0 Å². The number of carbonyl (C=O) groups is 1. The molecule has 0 fully saturated rings. The van der Waals surface area contributed by atoms with E-state index in [1.165, 1.54) is 12.1 Å². The SMILES string of the molecule is Cc1c(C(N)=O)cc(-c2cccc([N+](=O)[O-])c2)n1Cc1ccc(Cl)c(Cl)c1. The maximum Gasteiger partial charge on any atom is 0.270 e. The Balaban J connectivity index is 2.14. The third kappa shape index (κ3) is 3.82. The smallest absolute Gasteiger partial charge is 0.270 e. The van der Waals surface area contributed by atoms with Gasteiger partial charge < -0.3 is 10.3 Å². The first kappa shape index (κ1) is 18.9. The van der Waals surface area contributed by atoms with Crippen molar-refractivity contribution in [1.29, 1.82) is 0 Å². The van der Waals surface area contributed by atoms with Crippen molar-refractivity contribution in [1.82, 2.24) is 4.57 Å². The van der Waals surface area contributed by atoms with E-state index in [-0.39, 0.29) is 5.69 Å². The number of nitrogens with zero attached hydrogens (tertiary/aromatic N) is 2. The van der Waals surface area contributed by atoms with Crippen molar-refractivity contribution in [2.75, 3.05) is 0 Å². The lowest BCUT2D eigenvalue weighted by molar-refractivity contribution is -0.384. The number of aromatic nitrogens is 1. The van der Waals surface area contributed by atoms with Gasteiger partial charge in [-0.1, -0.05) is 41.4 Å². The predicted octanol–water partition coefficient (Wildman–Crippen LogP) is 4.83. The average Bonchev–Trinajstić information content (AvgIpc) is 2.95. The maximum atomic E-state index is 11.8. The van der Waals surface area contributed by atoms with Crippen molar-refractivity contribution in [3.05, 3.63) is 85.5 Å². The van der Waals surface area contributed by atoms with Crippen LogP contribution >= 0.6 is 23.2 Å². The number of halogens is 2. The number of rotatable bonds is 5. The molecule has 0 unspecified atom stereocenters. The van der Waals surface area contributed by atoms with Crippen molar-refractivity contribution < 1.29 is 9.72 Å². The number of benzene rings is 2. The van der Waals surface area contributed by atoms with Crippen LogP contribution in [-0.4, -0.2) is 15.4 Å². The molecule has 8 heteroatoms. The molecule has 2 N–H and O–H groups in total. The summed E-state index contributed by atoms with van der Waals surface area (Å²) in [7, 11) is 0. The number of nitrogens with two attached hydrogens (primary N) is 1. The standard InChI is InChI=1S/C19H15Cl2N3O3/c1-11-15(19(22)25)9-18(13-3-2-4-14(8-13)24(26)27)23(11)10-12-5-6-16(20)17(21)7-12/h2-9H,10H2,1H3,(H2,22,25). The molecule has 0 saturated carbocycles. The Morgan fingerprint density at radius 3 is 2.52 bits per heavy atom. The minimum Gasteiger partial charge on any atom is -0.366 e. The van der Waals surface area contributed by atoms with Crippen molar-refractivity contribution in [2.24, 2.45) is 5.73 Å². The highest BCUT2D eigenvalue weighted by Crippen LogP contribution is 2.30. The molecule has 1 aromatic heterocycles. The summed E-state index contributed by atoms with van der Waals surface area (Å²) in [6.07, 6.45) is 0. The molecule has 0 bridgehead atoms. The first-order valence-electron chi connectivity index (χ1n) is 7.96. The van der Waals surface area contributed by atoms with Crippen LogP contribution in [0.25, 0.3) is 11.3 Å². The third-order valence-corrected chi connectivity index (χ3v) is 5.05. The second-order valence-corrected chi connectivity index (χ2v) is 6.85. The highest BCUT2D eigenvalue weighted by molar-refractivity contribution is 6.42. The van der Waals surface area contributed by atoms with Gasteiger partial charge >= 0.3 is 0 Å². The first-order valence-corrected chi connectivity index (χ1v) is 8.72. The Labute approximate surface area is 165 Å². The third-order valence-electron chi connectivity index (χ3n) is 4.31. The van der Waals surface area contributed by atoms with Gasteiger partial charge in [-0.25, -0.2) is 0 Å². The fourth-order valence-corrected chi connectivity index (χ4v) is 3.26. The molecular formula is C19H15Cl2N3O3. The van der Waals surface area contributed by atoms with Crippen molar-refractivity contribution in [3.63, 3.8) is 0 Å². The second-order valence-electron chi connectivity index (χ2n) is 6.03. The van der Waals surface area contributed by atoms with Crippen molar-refractivity contribution >= 4 is 34.8 Å². The lowest BCUT2D eigenvalue weighted by Gasteiger charge is -2.13. The van der Waals surface area contributed by atoms with Crippen LogP contribution in [0.2, 0.25) is 10.0 Å². The number of carbonyl (C=O) groups excluding carboxylic acids is 1. The summed E-state index contributed by atoms with van der Waals surface area (Å²) in [6.45, 7) is 2.17. The van der Waals surface area contributed by atoms with Crippen LogP contribution in [0.5, 0.6) is 0 Å². The number of hydrogen-bond acceptors (Lipinski definition) is 3. The second kappa shape index (κ2) is 7.42. The number of primary amides is 1. The number of hydrogen-bond donors (Lipinski definition) is 1. The molecule has 0 saturated heterocycles. The van der Waals surface area contributed by atoms with Crippen LogP contribution in [0.3, 0.4) is 0 Å². The lowest BCUT2D eigenvalue weighted by atomic mass is 10.1. The summed E-state index contributed by atoms with van der Waals surface area (Å²) in [4.78, 5) is 22.5. The summed E-state index contributed by atoms with van der Waals surface area (Å²) in [5.41, 5.74) is 8.60. The predicted molar refractivity (Wildman–Crippen MR) is 105 cm³/mol. The highest BCUT2D eigenvalue weighted by atomic mass is 35.5. The maximum absolute atomic E-state index is 11.8. The molecule has 0 aliphatic rings. The molecule has 0 radical (unpaired) electrons. The fourth-order valence-electron chi connectivity index (χ4n) is 2.94. The van der Waals surface area contributed by atoms with Gasteiger partial charge in [-0.3, -0.25) is 14.9 Å². The molecular weight excluding hydrogens is 389 g/mol. The molecule has 0 spiro atoms. The van der Waals surface area contributed by atoms with E-state index in [2.05, 4.69) is 0 Å². The summed E-state index contributed by atoms with van der Waals surface area (Å²) in [5.74, 6) is -0.563. The van der Waals surface area contributed by atoms with Gasteiger partial charge in [0.25, 0.3) is 11.6 Å². The van der Waals surface area contributed by atoms with Crippen LogP contribution in [-0.2, 0) is 6.54 Å². The normalized spacial score (nSPS) is 10.8. The molecule has 3 aromatic rings. The molecule has 6 nitrogen and oxygen atoms in total. The van der Waals surface area contributed by atoms with Gasteiger partial charge in [-0.2, -0.15) is 0 Å². The van der Waals surface area contributed by atoms with Gasteiger partial charge in [0, 0.05) is 35.6 Å². The molecule has 2 aromatic carbocycles. The van der Waals surface area contributed by atoms with Crippen LogP contribution < -0.4 is 5.73 Å². The van der Waals surface area contributed by atoms with E-state index in [4.69, 9.17) is 28.9 Å². The van der Waals surface area contributed by atoms with Gasteiger partial charge in [0.2, 0.25) is 0 Å². The minimum absolute atomic E-state index is 0.0342. The summed E-state index contributed by atoms with van der Waals surface area (Å²) >= 11 is 12.1. The molecule has 138 valence electrons. The van der Waals surface area contributed by atoms with Crippen LogP contribution in [0, 0.1) is 17.0 Å². The molecule has 0 aliphatic heterocycles. The fraction of sp³-hybridized carbons (Fsp3) is 0.105. The zero-order chi connectivity index (χ0) is 19.7. The summed E-state index contributed by atoms with van der Waals surface area (Å²) in [5, 5.41) is 12.0. The highest BCUT2D eigenvalue weighted by Gasteiger charge is 2.18. The molecule has 3 rings (SSSR count). The van der Waals surface area contributed by atoms with Gasteiger partial charge in [0.15, 0.2) is 0 Å². The summed E-state index contributed by atoms with van der Waals surface area (Å²) in [6, 6.07) is 13.1. The molecule has 27 heavy (non-hydrogen) atoms. The lowest BCUT2D eigenvalue weighted by Crippen LogP contribution is -2.12. The zero-order valence-electron chi connectivity index (χ0n) is 14.3.